The van der Waals surface area contributed by atoms with E-state index in [1.165, 1.54) is 10.9 Å². The lowest BCUT2D eigenvalue weighted by molar-refractivity contribution is 0.0303. The van der Waals surface area contributed by atoms with Crippen LogP contribution in [0.5, 0.6) is 5.75 Å². The summed E-state index contributed by atoms with van der Waals surface area (Å²) in [5.74, 6) is 0.644. The molecule has 0 saturated carbocycles. The molecule has 9 nitrogen and oxygen atoms in total. The Morgan fingerprint density at radius 3 is 2.44 bits per heavy atom. The maximum atomic E-state index is 13.3. The number of nitrogens with zero attached hydrogens (tertiary/aromatic N) is 4. The Morgan fingerprint density at radius 2 is 1.75 bits per heavy atom. The van der Waals surface area contributed by atoms with Crippen molar-refractivity contribution >= 4 is 17.0 Å². The molecule has 1 fully saturated rings. The summed E-state index contributed by atoms with van der Waals surface area (Å²) in [6.07, 6.45) is 1.40. The highest BCUT2D eigenvalue weighted by molar-refractivity contribution is 5.94. The van der Waals surface area contributed by atoms with Crippen LogP contribution < -0.4 is 10.3 Å². The topological polar surface area (TPSA) is 99.7 Å². The predicted molar refractivity (Wildman–Crippen MR) is 116 cm³/mol. The monoisotopic (exact) mass is 432 g/mol. The van der Waals surface area contributed by atoms with E-state index in [1.54, 1.807) is 60.5 Å². The largest absolute Gasteiger partial charge is 0.497 e. The molecule has 0 N–H and O–H groups in total. The van der Waals surface area contributed by atoms with E-state index in [0.717, 1.165) is 0 Å². The van der Waals surface area contributed by atoms with E-state index in [9.17, 15) is 9.59 Å². The van der Waals surface area contributed by atoms with Crippen LogP contribution in [0.3, 0.4) is 0 Å². The van der Waals surface area contributed by atoms with Crippen LogP contribution in [-0.2, 0) is 4.74 Å². The van der Waals surface area contributed by atoms with Crippen LogP contribution in [0.1, 0.15) is 10.4 Å². The Kier molecular flexibility index (Phi) is 5.16. The van der Waals surface area contributed by atoms with Gasteiger partial charge < -0.3 is 18.9 Å². The number of benzene rings is 2. The lowest BCUT2D eigenvalue weighted by atomic mass is 10.1. The number of amides is 1. The van der Waals surface area contributed by atoms with Gasteiger partial charge in [-0.2, -0.15) is 0 Å². The second-order valence-corrected chi connectivity index (χ2v) is 7.31. The minimum atomic E-state index is -0.311. The molecule has 2 aromatic carbocycles. The Bertz CT molecular complexity index is 1320. The van der Waals surface area contributed by atoms with Crippen molar-refractivity contribution in [2.45, 2.75) is 0 Å². The van der Waals surface area contributed by atoms with Crippen molar-refractivity contribution in [1.29, 1.82) is 0 Å². The van der Waals surface area contributed by atoms with Gasteiger partial charge in [0.05, 0.1) is 26.0 Å². The molecule has 1 saturated heterocycles. The van der Waals surface area contributed by atoms with Crippen LogP contribution in [0.4, 0.5) is 0 Å². The van der Waals surface area contributed by atoms with E-state index in [4.69, 9.17) is 14.0 Å². The zero-order valence-electron chi connectivity index (χ0n) is 17.4. The Balaban J connectivity index is 1.49. The zero-order valence-corrected chi connectivity index (χ0v) is 17.4. The smallest absolute Gasteiger partial charge is 0.271 e. The van der Waals surface area contributed by atoms with Crippen molar-refractivity contribution in [3.63, 3.8) is 0 Å². The molecule has 2 aromatic heterocycles. The number of hydrogen-bond donors (Lipinski definition) is 0. The fourth-order valence-electron chi connectivity index (χ4n) is 3.69. The van der Waals surface area contributed by atoms with Gasteiger partial charge in [0.25, 0.3) is 17.2 Å². The lowest BCUT2D eigenvalue weighted by Gasteiger charge is -2.26. The van der Waals surface area contributed by atoms with Gasteiger partial charge in [-0.25, -0.2) is 4.98 Å². The summed E-state index contributed by atoms with van der Waals surface area (Å²) in [6.45, 7) is 2.23. The van der Waals surface area contributed by atoms with E-state index in [-0.39, 0.29) is 22.6 Å². The molecular formula is C23H20N4O5. The van der Waals surface area contributed by atoms with E-state index in [1.807, 2.05) is 0 Å². The molecule has 3 heterocycles. The van der Waals surface area contributed by atoms with Gasteiger partial charge in [-0.15, -0.1) is 0 Å². The number of hydrogen-bond acceptors (Lipinski definition) is 7. The predicted octanol–water partition coefficient (Wildman–Crippen LogP) is 2.52. The quantitative estimate of drug-likeness (QED) is 0.489. The van der Waals surface area contributed by atoms with Gasteiger partial charge in [0, 0.05) is 24.2 Å². The first-order valence-corrected chi connectivity index (χ1v) is 10.1. The van der Waals surface area contributed by atoms with Crippen molar-refractivity contribution in [1.82, 2.24) is 19.6 Å². The Labute approximate surface area is 182 Å². The van der Waals surface area contributed by atoms with Gasteiger partial charge in [0.15, 0.2) is 0 Å². The molecule has 1 aliphatic rings. The molecular weight excluding hydrogens is 412 g/mol. The first-order chi connectivity index (χ1) is 15.7. The van der Waals surface area contributed by atoms with Crippen LogP contribution in [0, 0.1) is 0 Å². The third-order valence-corrected chi connectivity index (χ3v) is 5.45. The molecule has 9 heteroatoms. The Hall–Kier alpha value is -3.98. The highest BCUT2D eigenvalue weighted by atomic mass is 16.5. The van der Waals surface area contributed by atoms with Crippen LogP contribution in [0.25, 0.3) is 28.0 Å². The number of rotatable bonds is 4. The van der Waals surface area contributed by atoms with E-state index < -0.39 is 0 Å². The van der Waals surface area contributed by atoms with E-state index >= 15 is 0 Å². The maximum absolute atomic E-state index is 13.3. The number of carbonyl (C=O) groups is 1. The number of fused-ring (bicyclic) bond motifs is 1. The zero-order chi connectivity index (χ0) is 22.1. The van der Waals surface area contributed by atoms with Gasteiger partial charge in [0.1, 0.15) is 23.2 Å². The molecule has 1 aliphatic heterocycles. The first-order valence-electron chi connectivity index (χ1n) is 10.1. The first kappa shape index (κ1) is 20.0. The van der Waals surface area contributed by atoms with Crippen LogP contribution in [0.2, 0.25) is 0 Å². The second-order valence-electron chi connectivity index (χ2n) is 7.31. The molecule has 0 atom stereocenters. The van der Waals surface area contributed by atoms with Crippen molar-refractivity contribution < 1.29 is 18.8 Å². The normalized spacial score (nSPS) is 14.0. The van der Waals surface area contributed by atoms with E-state index in [0.29, 0.717) is 54.6 Å². The molecule has 5 rings (SSSR count). The van der Waals surface area contributed by atoms with Gasteiger partial charge in [-0.1, -0.05) is 5.16 Å². The van der Waals surface area contributed by atoms with Gasteiger partial charge >= 0.3 is 0 Å². The number of methoxy groups -OCH3 is 1. The highest BCUT2D eigenvalue weighted by Gasteiger charge is 2.20. The average molecular weight is 432 g/mol. The van der Waals surface area contributed by atoms with Gasteiger partial charge in [0.2, 0.25) is 0 Å². The van der Waals surface area contributed by atoms with Crippen molar-refractivity contribution in [2.75, 3.05) is 33.4 Å². The third kappa shape index (κ3) is 3.52. The van der Waals surface area contributed by atoms with Gasteiger partial charge in [-0.3, -0.25) is 14.2 Å². The minimum Gasteiger partial charge on any atom is -0.497 e. The number of aromatic nitrogens is 3. The molecule has 0 spiro atoms. The number of carbonyl (C=O) groups excluding carboxylic acids is 1. The fraction of sp³-hybridized carbons (Fsp3) is 0.217. The van der Waals surface area contributed by atoms with Gasteiger partial charge in [-0.05, 0) is 48.5 Å². The summed E-state index contributed by atoms with van der Waals surface area (Å²) in [5, 5.41) is 4.34. The SMILES string of the molecule is COc1ccc(-c2noc3ncn(-c4ccc(C(=O)N5CCOCC5)cc4)c(=O)c23)cc1. The highest BCUT2D eigenvalue weighted by Crippen LogP contribution is 2.26. The van der Waals surface area contributed by atoms with Crippen molar-refractivity contribution in [2.24, 2.45) is 0 Å². The molecule has 32 heavy (non-hydrogen) atoms. The molecule has 1 amide bonds. The number of morpholine rings is 1. The van der Waals surface area contributed by atoms with Crippen LogP contribution in [-0.4, -0.2) is 58.9 Å². The molecule has 0 bridgehead atoms. The number of ether oxygens (including phenoxy) is 2. The fourth-order valence-corrected chi connectivity index (χ4v) is 3.69. The van der Waals surface area contributed by atoms with E-state index in [2.05, 4.69) is 10.1 Å². The molecule has 0 unspecified atom stereocenters. The Morgan fingerprint density at radius 1 is 1.03 bits per heavy atom. The van der Waals surface area contributed by atoms with Crippen molar-refractivity contribution in [3.05, 3.63) is 70.8 Å². The minimum absolute atomic E-state index is 0.0541. The summed E-state index contributed by atoms with van der Waals surface area (Å²) in [6, 6.07) is 14.1. The van der Waals surface area contributed by atoms with Crippen molar-refractivity contribution in [3.8, 4) is 22.7 Å². The maximum Gasteiger partial charge on any atom is 0.271 e. The third-order valence-electron chi connectivity index (χ3n) is 5.45. The second kappa shape index (κ2) is 8.27. The summed E-state index contributed by atoms with van der Waals surface area (Å²) in [5.41, 5.74) is 2.12. The summed E-state index contributed by atoms with van der Waals surface area (Å²) >= 11 is 0. The van der Waals surface area contributed by atoms with Crippen LogP contribution >= 0.6 is 0 Å². The van der Waals surface area contributed by atoms with Crippen LogP contribution in [0.15, 0.2) is 64.2 Å². The summed E-state index contributed by atoms with van der Waals surface area (Å²) in [7, 11) is 1.59. The average Bonchev–Trinajstić information content (AvgIpc) is 3.30. The summed E-state index contributed by atoms with van der Waals surface area (Å²) in [4.78, 5) is 32.0. The summed E-state index contributed by atoms with van der Waals surface area (Å²) < 4.78 is 17.2. The molecule has 4 aromatic rings. The molecule has 162 valence electrons. The standard InChI is InChI=1S/C23H20N4O5/c1-30-18-8-4-15(5-9-18)20-19-21(32-25-20)24-14-27(23(19)29)17-6-2-16(3-7-17)22(28)26-10-12-31-13-11-26/h2-9,14H,10-13H2,1H3. The lowest BCUT2D eigenvalue weighted by Crippen LogP contribution is -2.40. The molecule has 0 aliphatic carbocycles. The molecule has 0 radical (unpaired) electrons.